The fourth-order valence-corrected chi connectivity index (χ4v) is 4.91. The normalized spacial score (nSPS) is 24.7. The maximum absolute atomic E-state index is 13.2. The number of likely N-dealkylation sites (tertiary alicyclic amines) is 1. The molecule has 3 atom stereocenters. The molecular formula is C26H32N2O3. The van der Waals surface area contributed by atoms with Crippen LogP contribution < -0.4 is 4.74 Å². The number of hydrogen-bond acceptors (Lipinski definition) is 3. The third-order valence-corrected chi connectivity index (χ3v) is 6.87. The van der Waals surface area contributed by atoms with Crippen LogP contribution in [-0.4, -0.2) is 55.9 Å². The van der Waals surface area contributed by atoms with E-state index in [1.807, 2.05) is 43.3 Å². The zero-order valence-corrected chi connectivity index (χ0v) is 18.9. The van der Waals surface area contributed by atoms with Crippen molar-refractivity contribution in [3.05, 3.63) is 54.1 Å². The number of nitrogens with zero attached hydrogens (tertiary/aromatic N) is 2. The number of ether oxygens (including phenoxy) is 1. The number of rotatable bonds is 6. The van der Waals surface area contributed by atoms with Crippen LogP contribution in [-0.2, 0) is 16.0 Å². The molecule has 1 saturated carbocycles. The molecule has 1 heterocycles. The monoisotopic (exact) mass is 420 g/mol. The van der Waals surface area contributed by atoms with Gasteiger partial charge >= 0.3 is 0 Å². The first-order chi connectivity index (χ1) is 14.8. The van der Waals surface area contributed by atoms with Crippen molar-refractivity contribution in [1.82, 2.24) is 9.80 Å². The van der Waals surface area contributed by atoms with E-state index in [0.717, 1.165) is 28.9 Å². The second kappa shape index (κ2) is 8.37. The largest absolute Gasteiger partial charge is 0.496 e. The van der Waals surface area contributed by atoms with Gasteiger partial charge in [0.05, 0.1) is 12.5 Å². The Bertz CT molecular complexity index is 969. The van der Waals surface area contributed by atoms with Crippen LogP contribution in [0.3, 0.4) is 0 Å². The Balaban J connectivity index is 1.55. The smallest absolute Gasteiger partial charge is 0.230 e. The third-order valence-electron chi connectivity index (χ3n) is 6.87. The molecule has 1 saturated heterocycles. The van der Waals surface area contributed by atoms with Gasteiger partial charge in [-0.15, -0.1) is 0 Å². The third kappa shape index (κ3) is 4.18. The molecule has 2 aliphatic rings. The van der Waals surface area contributed by atoms with Crippen LogP contribution in [0.2, 0.25) is 0 Å². The van der Waals surface area contributed by atoms with Crippen molar-refractivity contribution in [3.63, 3.8) is 0 Å². The van der Waals surface area contributed by atoms with E-state index in [0.29, 0.717) is 31.8 Å². The maximum Gasteiger partial charge on any atom is 0.230 e. The molecule has 5 heteroatoms. The summed E-state index contributed by atoms with van der Waals surface area (Å²) in [6.45, 7) is 3.31. The standard InChI is InChI=1S/C26H32N2O3/c1-18-15-22(18)24(29)28-14-13-26(17-28,25(30)27(2)3)16-19-9-11-20(12-10-19)21-7-5-6-8-23(21)31-4/h5-12,18,22H,13-17H2,1-4H3/t18-,22+,26+/m0/s1. The summed E-state index contributed by atoms with van der Waals surface area (Å²) in [5, 5.41) is 0. The highest BCUT2D eigenvalue weighted by atomic mass is 16.5. The van der Waals surface area contributed by atoms with E-state index in [1.54, 1.807) is 12.0 Å². The highest BCUT2D eigenvalue weighted by molar-refractivity contribution is 5.87. The first kappa shape index (κ1) is 21.4. The second-order valence-electron chi connectivity index (χ2n) is 9.38. The number of carbonyl (C=O) groups is 2. The van der Waals surface area contributed by atoms with E-state index < -0.39 is 5.41 Å². The number of benzene rings is 2. The summed E-state index contributed by atoms with van der Waals surface area (Å²) in [5.74, 6) is 1.82. The molecule has 1 aliphatic carbocycles. The summed E-state index contributed by atoms with van der Waals surface area (Å²) in [7, 11) is 5.30. The van der Waals surface area contributed by atoms with Crippen molar-refractivity contribution >= 4 is 11.8 Å². The van der Waals surface area contributed by atoms with Crippen molar-refractivity contribution in [2.45, 2.75) is 26.2 Å². The number of carbonyl (C=O) groups excluding carboxylic acids is 2. The van der Waals surface area contributed by atoms with Crippen molar-refractivity contribution < 1.29 is 14.3 Å². The Morgan fingerprint density at radius 3 is 2.42 bits per heavy atom. The molecule has 0 radical (unpaired) electrons. The van der Waals surface area contributed by atoms with Gasteiger partial charge in [0.2, 0.25) is 11.8 Å². The van der Waals surface area contributed by atoms with Crippen LogP contribution >= 0.6 is 0 Å². The van der Waals surface area contributed by atoms with Crippen LogP contribution in [0.25, 0.3) is 11.1 Å². The van der Waals surface area contributed by atoms with Crippen LogP contribution in [0.1, 0.15) is 25.3 Å². The maximum atomic E-state index is 13.2. The lowest BCUT2D eigenvalue weighted by atomic mass is 9.79. The van der Waals surface area contributed by atoms with Gasteiger partial charge in [0.15, 0.2) is 0 Å². The summed E-state index contributed by atoms with van der Waals surface area (Å²) in [6.07, 6.45) is 2.33. The summed E-state index contributed by atoms with van der Waals surface area (Å²) in [4.78, 5) is 29.6. The van der Waals surface area contributed by atoms with E-state index in [9.17, 15) is 9.59 Å². The molecule has 1 aliphatic heterocycles. The fraction of sp³-hybridized carbons (Fsp3) is 0.462. The molecule has 2 fully saturated rings. The van der Waals surface area contributed by atoms with Gasteiger partial charge < -0.3 is 14.5 Å². The molecule has 2 aromatic carbocycles. The van der Waals surface area contributed by atoms with Crippen LogP contribution in [0.4, 0.5) is 0 Å². The molecule has 2 amide bonds. The van der Waals surface area contributed by atoms with Crippen molar-refractivity contribution in [2.24, 2.45) is 17.3 Å². The zero-order valence-electron chi connectivity index (χ0n) is 18.9. The second-order valence-corrected chi connectivity index (χ2v) is 9.38. The topological polar surface area (TPSA) is 49.9 Å². The minimum atomic E-state index is -0.552. The van der Waals surface area contributed by atoms with Gasteiger partial charge in [0.25, 0.3) is 0 Å². The van der Waals surface area contributed by atoms with Gasteiger partial charge in [-0.1, -0.05) is 49.4 Å². The average Bonchev–Trinajstić information content (AvgIpc) is 3.36. The lowest BCUT2D eigenvalue weighted by Gasteiger charge is -2.31. The molecule has 0 N–H and O–H groups in total. The lowest BCUT2D eigenvalue weighted by Crippen LogP contribution is -2.45. The Labute approximate surface area is 185 Å². The molecule has 0 spiro atoms. The quantitative estimate of drug-likeness (QED) is 0.713. The van der Waals surface area contributed by atoms with E-state index in [4.69, 9.17) is 4.74 Å². The Hall–Kier alpha value is -2.82. The van der Waals surface area contributed by atoms with Crippen LogP contribution in [0.5, 0.6) is 5.75 Å². The van der Waals surface area contributed by atoms with Crippen molar-refractivity contribution in [3.8, 4) is 16.9 Å². The molecule has 2 aromatic rings. The van der Waals surface area contributed by atoms with Gasteiger partial charge in [-0.2, -0.15) is 0 Å². The Morgan fingerprint density at radius 2 is 1.81 bits per heavy atom. The first-order valence-corrected chi connectivity index (χ1v) is 11.1. The van der Waals surface area contributed by atoms with Gasteiger partial charge in [-0.3, -0.25) is 9.59 Å². The number of methoxy groups -OCH3 is 1. The first-order valence-electron chi connectivity index (χ1n) is 11.1. The van der Waals surface area contributed by atoms with Crippen molar-refractivity contribution in [2.75, 3.05) is 34.3 Å². The molecule has 4 rings (SSSR count). The average molecular weight is 421 g/mol. The van der Waals surface area contributed by atoms with E-state index in [1.165, 1.54) is 0 Å². The summed E-state index contributed by atoms with van der Waals surface area (Å²) in [6, 6.07) is 16.3. The van der Waals surface area contributed by atoms with Crippen LogP contribution in [0.15, 0.2) is 48.5 Å². The van der Waals surface area contributed by atoms with E-state index in [-0.39, 0.29) is 17.7 Å². The van der Waals surface area contributed by atoms with E-state index in [2.05, 4.69) is 31.2 Å². The minimum absolute atomic E-state index is 0.112. The Kier molecular flexibility index (Phi) is 5.78. The number of para-hydroxylation sites is 1. The van der Waals surface area contributed by atoms with Gasteiger partial charge in [0.1, 0.15) is 5.75 Å². The molecule has 5 nitrogen and oxygen atoms in total. The van der Waals surface area contributed by atoms with E-state index >= 15 is 0 Å². The van der Waals surface area contributed by atoms with Crippen molar-refractivity contribution in [1.29, 1.82) is 0 Å². The lowest BCUT2D eigenvalue weighted by molar-refractivity contribution is -0.140. The van der Waals surface area contributed by atoms with Gasteiger partial charge in [-0.25, -0.2) is 0 Å². The molecular weight excluding hydrogens is 388 g/mol. The predicted octanol–water partition coefficient (Wildman–Crippen LogP) is 3.87. The van der Waals surface area contributed by atoms with Gasteiger partial charge in [0, 0.05) is 38.7 Å². The summed E-state index contributed by atoms with van der Waals surface area (Å²) in [5.41, 5.74) is 2.69. The molecule has 0 unspecified atom stereocenters. The highest BCUT2D eigenvalue weighted by Crippen LogP contribution is 2.43. The van der Waals surface area contributed by atoms with Crippen LogP contribution in [0, 0.1) is 17.3 Å². The Morgan fingerprint density at radius 1 is 1.13 bits per heavy atom. The molecule has 0 aromatic heterocycles. The highest BCUT2D eigenvalue weighted by Gasteiger charge is 2.50. The zero-order chi connectivity index (χ0) is 22.2. The molecule has 31 heavy (non-hydrogen) atoms. The predicted molar refractivity (Wildman–Crippen MR) is 122 cm³/mol. The SMILES string of the molecule is COc1ccccc1-c1ccc(C[C@]2(C(=O)N(C)C)CCN(C(=O)[C@@H]3C[C@@H]3C)C2)cc1. The number of amides is 2. The molecule has 164 valence electrons. The molecule has 0 bridgehead atoms. The summed E-state index contributed by atoms with van der Waals surface area (Å²) >= 11 is 0. The van der Waals surface area contributed by atoms with Gasteiger partial charge in [-0.05, 0) is 42.4 Å². The summed E-state index contributed by atoms with van der Waals surface area (Å²) < 4.78 is 5.49. The minimum Gasteiger partial charge on any atom is -0.496 e. The fourth-order valence-electron chi connectivity index (χ4n) is 4.91. The number of hydrogen-bond donors (Lipinski definition) is 0.